The third kappa shape index (κ3) is 2.70. The molecule has 0 saturated carbocycles. The number of nitrogen functional groups attached to an aromatic ring is 1. The summed E-state index contributed by atoms with van der Waals surface area (Å²) in [5.74, 6) is 0. The molecular weight excluding hydrogens is 266 g/mol. The SMILES string of the molecule is Cc1coc(NS(=O)(=O)c2cc(C)c(C)cc2N)n1. The summed E-state index contributed by atoms with van der Waals surface area (Å²) in [4.78, 5) is 3.91. The third-order valence-electron chi connectivity index (χ3n) is 2.76. The van der Waals surface area contributed by atoms with Crippen molar-refractivity contribution < 1.29 is 12.8 Å². The highest BCUT2D eigenvalue weighted by Crippen LogP contribution is 2.24. The molecule has 7 heteroatoms. The molecule has 0 atom stereocenters. The van der Waals surface area contributed by atoms with Crippen LogP contribution in [-0.4, -0.2) is 13.4 Å². The third-order valence-corrected chi connectivity index (χ3v) is 4.13. The molecule has 6 nitrogen and oxygen atoms in total. The lowest BCUT2D eigenvalue weighted by molar-refractivity contribution is 0.569. The number of benzene rings is 1. The highest BCUT2D eigenvalue weighted by molar-refractivity contribution is 7.92. The van der Waals surface area contributed by atoms with Gasteiger partial charge in [0.25, 0.3) is 10.0 Å². The van der Waals surface area contributed by atoms with Gasteiger partial charge in [0.15, 0.2) is 0 Å². The number of hydrogen-bond donors (Lipinski definition) is 2. The Labute approximate surface area is 111 Å². The summed E-state index contributed by atoms with van der Waals surface area (Å²) in [5.41, 5.74) is 8.33. The van der Waals surface area contributed by atoms with Crippen LogP contribution in [0.25, 0.3) is 0 Å². The summed E-state index contributed by atoms with van der Waals surface area (Å²) in [6.45, 7) is 5.39. The van der Waals surface area contributed by atoms with Crippen molar-refractivity contribution in [1.29, 1.82) is 0 Å². The minimum Gasteiger partial charge on any atom is -0.431 e. The molecule has 0 unspecified atom stereocenters. The summed E-state index contributed by atoms with van der Waals surface area (Å²) in [6.07, 6.45) is 1.36. The van der Waals surface area contributed by atoms with E-state index < -0.39 is 10.0 Å². The van der Waals surface area contributed by atoms with E-state index in [1.54, 1.807) is 13.0 Å². The minimum absolute atomic E-state index is 0.0199. The maximum absolute atomic E-state index is 12.2. The average Bonchev–Trinajstić information content (AvgIpc) is 2.68. The molecule has 1 aromatic carbocycles. The predicted octanol–water partition coefficient (Wildman–Crippen LogP) is 1.98. The van der Waals surface area contributed by atoms with Crippen LogP contribution in [0.5, 0.6) is 0 Å². The van der Waals surface area contributed by atoms with Gasteiger partial charge in [0.05, 0.1) is 11.4 Å². The number of anilines is 2. The quantitative estimate of drug-likeness (QED) is 0.838. The van der Waals surface area contributed by atoms with Crippen molar-refractivity contribution in [2.45, 2.75) is 25.7 Å². The number of oxazole rings is 1. The van der Waals surface area contributed by atoms with Crippen LogP contribution in [0.2, 0.25) is 0 Å². The van der Waals surface area contributed by atoms with Crippen LogP contribution < -0.4 is 10.5 Å². The monoisotopic (exact) mass is 281 g/mol. The minimum atomic E-state index is -3.80. The topological polar surface area (TPSA) is 98.2 Å². The Morgan fingerprint density at radius 2 is 1.84 bits per heavy atom. The molecule has 0 aliphatic carbocycles. The first-order valence-electron chi connectivity index (χ1n) is 5.61. The van der Waals surface area contributed by atoms with Crippen LogP contribution in [0.4, 0.5) is 11.7 Å². The van der Waals surface area contributed by atoms with Crippen LogP contribution in [-0.2, 0) is 10.0 Å². The zero-order chi connectivity index (χ0) is 14.2. The first-order valence-corrected chi connectivity index (χ1v) is 7.09. The highest BCUT2D eigenvalue weighted by Gasteiger charge is 2.20. The van der Waals surface area contributed by atoms with Crippen molar-refractivity contribution in [2.75, 3.05) is 10.5 Å². The zero-order valence-corrected chi connectivity index (χ0v) is 11.7. The molecule has 0 spiro atoms. The molecule has 3 N–H and O–H groups in total. The number of sulfonamides is 1. The van der Waals surface area contributed by atoms with Crippen molar-refractivity contribution >= 4 is 21.7 Å². The zero-order valence-electron chi connectivity index (χ0n) is 10.9. The molecule has 0 aliphatic heterocycles. The van der Waals surface area contributed by atoms with E-state index in [9.17, 15) is 8.42 Å². The van der Waals surface area contributed by atoms with Gasteiger partial charge in [0, 0.05) is 0 Å². The Kier molecular flexibility index (Phi) is 3.23. The van der Waals surface area contributed by atoms with Gasteiger partial charge in [-0.05, 0) is 44.0 Å². The van der Waals surface area contributed by atoms with E-state index in [2.05, 4.69) is 9.71 Å². The van der Waals surface area contributed by atoms with E-state index in [4.69, 9.17) is 10.2 Å². The molecule has 0 aliphatic rings. The molecule has 102 valence electrons. The van der Waals surface area contributed by atoms with Crippen molar-refractivity contribution in [1.82, 2.24) is 4.98 Å². The number of nitrogens with zero attached hydrogens (tertiary/aromatic N) is 1. The molecule has 0 saturated heterocycles. The number of aryl methyl sites for hydroxylation is 3. The smallest absolute Gasteiger partial charge is 0.309 e. The van der Waals surface area contributed by atoms with Crippen LogP contribution >= 0.6 is 0 Å². The van der Waals surface area contributed by atoms with E-state index in [0.29, 0.717) is 5.69 Å². The normalized spacial score (nSPS) is 11.5. The summed E-state index contributed by atoms with van der Waals surface area (Å²) in [6, 6.07) is 3.09. The second-order valence-electron chi connectivity index (χ2n) is 4.37. The second-order valence-corrected chi connectivity index (χ2v) is 6.02. The lowest BCUT2D eigenvalue weighted by Gasteiger charge is -2.10. The van der Waals surface area contributed by atoms with E-state index in [-0.39, 0.29) is 16.6 Å². The van der Waals surface area contributed by atoms with Crippen LogP contribution in [0, 0.1) is 20.8 Å². The van der Waals surface area contributed by atoms with Crippen LogP contribution in [0.3, 0.4) is 0 Å². The van der Waals surface area contributed by atoms with Crippen molar-refractivity contribution in [2.24, 2.45) is 0 Å². The fraction of sp³-hybridized carbons (Fsp3) is 0.250. The predicted molar refractivity (Wildman–Crippen MR) is 72.4 cm³/mol. The molecule has 0 fully saturated rings. The molecular formula is C12H15N3O3S. The Morgan fingerprint density at radius 1 is 1.21 bits per heavy atom. The molecule has 0 radical (unpaired) electrons. The van der Waals surface area contributed by atoms with E-state index in [0.717, 1.165) is 11.1 Å². The Morgan fingerprint density at radius 3 is 2.42 bits per heavy atom. The van der Waals surface area contributed by atoms with E-state index in [1.165, 1.54) is 12.3 Å². The van der Waals surface area contributed by atoms with E-state index >= 15 is 0 Å². The number of hydrogen-bond acceptors (Lipinski definition) is 5. The van der Waals surface area contributed by atoms with Gasteiger partial charge in [0.1, 0.15) is 11.2 Å². The lowest BCUT2D eigenvalue weighted by Crippen LogP contribution is -2.15. The molecule has 1 aromatic heterocycles. The maximum Gasteiger partial charge on any atom is 0.309 e. The first kappa shape index (κ1) is 13.4. The largest absolute Gasteiger partial charge is 0.431 e. The fourth-order valence-corrected chi connectivity index (χ4v) is 2.75. The van der Waals surface area contributed by atoms with Crippen LogP contribution in [0.15, 0.2) is 27.7 Å². The van der Waals surface area contributed by atoms with Gasteiger partial charge >= 0.3 is 6.01 Å². The second kappa shape index (κ2) is 4.58. The lowest BCUT2D eigenvalue weighted by atomic mass is 10.1. The molecule has 0 bridgehead atoms. The Bertz CT molecular complexity index is 720. The summed E-state index contributed by atoms with van der Waals surface area (Å²) >= 11 is 0. The summed E-state index contributed by atoms with van der Waals surface area (Å²) in [7, 11) is -3.80. The molecule has 19 heavy (non-hydrogen) atoms. The van der Waals surface area contributed by atoms with Crippen molar-refractivity contribution in [3.63, 3.8) is 0 Å². The maximum atomic E-state index is 12.2. The van der Waals surface area contributed by atoms with Gasteiger partial charge in [-0.1, -0.05) is 0 Å². The van der Waals surface area contributed by atoms with Gasteiger partial charge in [0.2, 0.25) is 0 Å². The molecule has 1 heterocycles. The van der Waals surface area contributed by atoms with Gasteiger partial charge in [-0.3, -0.25) is 0 Å². The van der Waals surface area contributed by atoms with Gasteiger partial charge in [-0.25, -0.2) is 13.1 Å². The molecule has 2 rings (SSSR count). The molecule has 2 aromatic rings. The van der Waals surface area contributed by atoms with Crippen molar-refractivity contribution in [3.05, 3.63) is 35.2 Å². The van der Waals surface area contributed by atoms with Crippen LogP contribution in [0.1, 0.15) is 16.8 Å². The summed E-state index contributed by atoms with van der Waals surface area (Å²) in [5, 5.41) is 0. The van der Waals surface area contributed by atoms with Crippen molar-refractivity contribution in [3.8, 4) is 0 Å². The standard InChI is InChI=1S/C12H15N3O3S/c1-7-4-10(13)11(5-8(7)2)19(16,17)15-12-14-9(3)6-18-12/h4-6H,13H2,1-3H3,(H,14,15). The van der Waals surface area contributed by atoms with Gasteiger partial charge in [-0.2, -0.15) is 4.98 Å². The molecule has 0 amide bonds. The number of nitrogens with one attached hydrogen (secondary N) is 1. The number of aromatic nitrogens is 1. The average molecular weight is 281 g/mol. The number of rotatable bonds is 3. The summed E-state index contributed by atoms with van der Waals surface area (Å²) < 4.78 is 31.6. The fourth-order valence-electron chi connectivity index (χ4n) is 1.62. The highest BCUT2D eigenvalue weighted by atomic mass is 32.2. The number of nitrogens with two attached hydrogens (primary N) is 1. The van der Waals surface area contributed by atoms with Gasteiger partial charge in [-0.15, -0.1) is 0 Å². The van der Waals surface area contributed by atoms with E-state index in [1.807, 2.05) is 13.8 Å². The Balaban J connectivity index is 2.42. The Hall–Kier alpha value is -2.02. The van der Waals surface area contributed by atoms with Gasteiger partial charge < -0.3 is 10.2 Å². The first-order chi connectivity index (χ1) is 8.79.